The summed E-state index contributed by atoms with van der Waals surface area (Å²) in [5.41, 5.74) is 1.87. The van der Waals surface area contributed by atoms with Crippen LogP contribution < -0.4 is 10.1 Å². The summed E-state index contributed by atoms with van der Waals surface area (Å²) in [5.74, 6) is 1.80. The van der Waals surface area contributed by atoms with Crippen molar-refractivity contribution in [1.29, 1.82) is 0 Å². The van der Waals surface area contributed by atoms with Gasteiger partial charge in [-0.05, 0) is 54.8 Å². The van der Waals surface area contributed by atoms with Gasteiger partial charge in [-0.15, -0.1) is 0 Å². The summed E-state index contributed by atoms with van der Waals surface area (Å²) in [7, 11) is 0. The van der Waals surface area contributed by atoms with Crippen LogP contribution in [0.4, 0.5) is 0 Å². The summed E-state index contributed by atoms with van der Waals surface area (Å²) in [6, 6.07) is 9.17. The molecule has 0 spiro atoms. The summed E-state index contributed by atoms with van der Waals surface area (Å²) in [4.78, 5) is 0. The fraction of sp³-hybridized carbons (Fsp3) is 0.647. The van der Waals surface area contributed by atoms with Crippen LogP contribution in [0.2, 0.25) is 0 Å². The highest BCUT2D eigenvalue weighted by atomic mass is 16.5. The Morgan fingerprint density at radius 2 is 2.11 bits per heavy atom. The second-order valence-corrected chi connectivity index (χ2v) is 6.72. The monoisotopic (exact) mass is 259 g/mol. The Hall–Kier alpha value is -1.02. The SMILES string of the molecule is CCNC(c1cccc(OC2CC2)c1)C1CC1(C)C. The van der Waals surface area contributed by atoms with Gasteiger partial charge in [-0.1, -0.05) is 32.9 Å². The molecule has 2 atom stereocenters. The Morgan fingerprint density at radius 3 is 2.68 bits per heavy atom. The summed E-state index contributed by atoms with van der Waals surface area (Å²) >= 11 is 0. The Bertz CT molecular complexity index is 450. The van der Waals surface area contributed by atoms with Gasteiger partial charge in [-0.3, -0.25) is 0 Å². The smallest absolute Gasteiger partial charge is 0.120 e. The van der Waals surface area contributed by atoms with Crippen molar-refractivity contribution in [3.8, 4) is 5.75 Å². The molecule has 0 heterocycles. The van der Waals surface area contributed by atoms with Crippen LogP contribution in [-0.4, -0.2) is 12.6 Å². The predicted octanol–water partition coefficient (Wildman–Crippen LogP) is 3.92. The van der Waals surface area contributed by atoms with Crippen LogP contribution in [0.15, 0.2) is 24.3 Å². The highest BCUT2D eigenvalue weighted by Crippen LogP contribution is 2.57. The first-order valence-electron chi connectivity index (χ1n) is 7.60. The molecule has 1 N–H and O–H groups in total. The van der Waals surface area contributed by atoms with Crippen molar-refractivity contribution >= 4 is 0 Å². The molecule has 0 aromatic heterocycles. The molecule has 2 aliphatic carbocycles. The lowest BCUT2D eigenvalue weighted by Crippen LogP contribution is -2.24. The van der Waals surface area contributed by atoms with Gasteiger partial charge in [-0.25, -0.2) is 0 Å². The number of benzene rings is 1. The van der Waals surface area contributed by atoms with E-state index in [0.717, 1.165) is 18.2 Å². The van der Waals surface area contributed by atoms with Gasteiger partial charge in [0.1, 0.15) is 5.75 Å². The fourth-order valence-corrected chi connectivity index (χ4v) is 2.95. The minimum absolute atomic E-state index is 0.475. The van der Waals surface area contributed by atoms with Crippen molar-refractivity contribution in [2.24, 2.45) is 11.3 Å². The van der Waals surface area contributed by atoms with Gasteiger partial charge in [0.2, 0.25) is 0 Å². The van der Waals surface area contributed by atoms with Gasteiger partial charge in [0, 0.05) is 6.04 Å². The van der Waals surface area contributed by atoms with Crippen LogP contribution in [0.3, 0.4) is 0 Å². The minimum Gasteiger partial charge on any atom is -0.490 e. The fourth-order valence-electron chi connectivity index (χ4n) is 2.95. The van der Waals surface area contributed by atoms with Crippen molar-refractivity contribution in [2.75, 3.05) is 6.54 Å². The lowest BCUT2D eigenvalue weighted by molar-refractivity contribution is 0.302. The molecule has 1 aromatic carbocycles. The number of nitrogens with one attached hydrogen (secondary N) is 1. The highest BCUT2D eigenvalue weighted by Gasteiger charge is 2.50. The molecule has 2 heteroatoms. The summed E-state index contributed by atoms with van der Waals surface area (Å²) < 4.78 is 5.92. The number of hydrogen-bond donors (Lipinski definition) is 1. The molecule has 0 saturated heterocycles. The van der Waals surface area contributed by atoms with Crippen molar-refractivity contribution in [3.63, 3.8) is 0 Å². The second kappa shape index (κ2) is 4.82. The molecular weight excluding hydrogens is 234 g/mol. The van der Waals surface area contributed by atoms with Crippen LogP contribution in [0.5, 0.6) is 5.75 Å². The molecule has 2 nitrogen and oxygen atoms in total. The lowest BCUT2D eigenvalue weighted by Gasteiger charge is -2.21. The average Bonchev–Trinajstić information content (AvgIpc) is 3.27. The first-order chi connectivity index (χ1) is 9.10. The lowest BCUT2D eigenvalue weighted by atomic mass is 9.97. The zero-order chi connectivity index (χ0) is 13.5. The van der Waals surface area contributed by atoms with E-state index in [4.69, 9.17) is 4.74 Å². The maximum atomic E-state index is 5.92. The maximum Gasteiger partial charge on any atom is 0.120 e. The average molecular weight is 259 g/mol. The van der Waals surface area contributed by atoms with Crippen molar-refractivity contribution in [3.05, 3.63) is 29.8 Å². The molecule has 3 rings (SSSR count). The second-order valence-electron chi connectivity index (χ2n) is 6.72. The van der Waals surface area contributed by atoms with Crippen LogP contribution >= 0.6 is 0 Å². The van der Waals surface area contributed by atoms with Gasteiger partial charge in [0.25, 0.3) is 0 Å². The van der Waals surface area contributed by atoms with Gasteiger partial charge >= 0.3 is 0 Å². The van der Waals surface area contributed by atoms with Gasteiger partial charge in [-0.2, -0.15) is 0 Å². The topological polar surface area (TPSA) is 21.3 Å². The molecule has 19 heavy (non-hydrogen) atoms. The number of rotatable bonds is 6. The zero-order valence-corrected chi connectivity index (χ0v) is 12.3. The van der Waals surface area contributed by atoms with Gasteiger partial charge < -0.3 is 10.1 Å². The highest BCUT2D eigenvalue weighted by molar-refractivity contribution is 5.32. The molecule has 2 aliphatic rings. The molecule has 104 valence electrons. The maximum absolute atomic E-state index is 5.92. The molecule has 2 unspecified atom stereocenters. The molecule has 0 radical (unpaired) electrons. The Labute approximate surface area is 116 Å². The molecule has 0 aliphatic heterocycles. The molecule has 2 saturated carbocycles. The normalized spacial score (nSPS) is 25.9. The molecule has 2 fully saturated rings. The van der Waals surface area contributed by atoms with Crippen molar-refractivity contribution in [1.82, 2.24) is 5.32 Å². The first kappa shape index (κ1) is 13.0. The van der Waals surface area contributed by atoms with Crippen LogP contribution in [-0.2, 0) is 0 Å². The molecule has 0 bridgehead atoms. The van der Waals surface area contributed by atoms with Gasteiger partial charge in [0.15, 0.2) is 0 Å². The van der Waals surface area contributed by atoms with E-state index < -0.39 is 0 Å². The van der Waals surface area contributed by atoms with E-state index in [1.165, 1.54) is 24.8 Å². The van der Waals surface area contributed by atoms with E-state index in [2.05, 4.69) is 50.4 Å². The largest absolute Gasteiger partial charge is 0.490 e. The molecular formula is C17H25NO. The third-order valence-corrected chi connectivity index (χ3v) is 4.46. The molecule has 0 amide bonds. The summed E-state index contributed by atoms with van der Waals surface area (Å²) in [5, 5.41) is 3.66. The number of ether oxygens (including phenoxy) is 1. The minimum atomic E-state index is 0.475. The van der Waals surface area contributed by atoms with Crippen LogP contribution in [0, 0.1) is 11.3 Å². The van der Waals surface area contributed by atoms with Crippen LogP contribution in [0.25, 0.3) is 0 Å². The van der Waals surface area contributed by atoms with E-state index in [-0.39, 0.29) is 0 Å². The van der Waals surface area contributed by atoms with E-state index >= 15 is 0 Å². The summed E-state index contributed by atoms with van der Waals surface area (Å²) in [6.45, 7) is 7.94. The quantitative estimate of drug-likeness (QED) is 0.836. The predicted molar refractivity (Wildman–Crippen MR) is 78.4 cm³/mol. The van der Waals surface area contributed by atoms with Crippen molar-refractivity contribution < 1.29 is 4.74 Å². The number of hydrogen-bond acceptors (Lipinski definition) is 2. The standard InChI is InChI=1S/C17H25NO/c1-4-18-16(15-11-17(15,2)3)12-6-5-7-14(10-12)19-13-8-9-13/h5-7,10,13,15-16,18H,4,8-9,11H2,1-3H3. The van der Waals surface area contributed by atoms with Crippen molar-refractivity contribution in [2.45, 2.75) is 52.2 Å². The third-order valence-electron chi connectivity index (χ3n) is 4.46. The van der Waals surface area contributed by atoms with E-state index in [9.17, 15) is 0 Å². The van der Waals surface area contributed by atoms with Crippen LogP contribution in [0.1, 0.15) is 51.6 Å². The third kappa shape index (κ3) is 2.94. The van der Waals surface area contributed by atoms with E-state index in [1.807, 2.05) is 0 Å². The zero-order valence-electron chi connectivity index (χ0n) is 12.3. The Kier molecular flexibility index (Phi) is 3.30. The summed E-state index contributed by atoms with van der Waals surface area (Å²) in [6.07, 6.45) is 4.23. The van der Waals surface area contributed by atoms with E-state index in [1.54, 1.807) is 0 Å². The Morgan fingerprint density at radius 1 is 1.37 bits per heavy atom. The molecule has 1 aromatic rings. The first-order valence-corrected chi connectivity index (χ1v) is 7.60. The van der Waals surface area contributed by atoms with Gasteiger partial charge in [0.05, 0.1) is 6.10 Å². The van der Waals surface area contributed by atoms with E-state index in [0.29, 0.717) is 17.6 Å². The Balaban J connectivity index is 1.77.